The topological polar surface area (TPSA) is 86.7 Å². The van der Waals surface area contributed by atoms with Gasteiger partial charge in [0.25, 0.3) is 10.1 Å². The summed E-state index contributed by atoms with van der Waals surface area (Å²) in [5.41, 5.74) is 0.697. The Morgan fingerprint density at radius 2 is 1.73 bits per heavy atom. The van der Waals surface area contributed by atoms with E-state index in [0.717, 1.165) is 25.7 Å². The summed E-state index contributed by atoms with van der Waals surface area (Å²) in [6, 6.07) is 10.5. The standard InChI is InChI=1S/C19H24O5S.K/c1-2-3-4-5-6-9-15-10-7-13-18(25(21,22)23)19(15)24-17-12-8-11-16(20)14-17;/h7-8,10-14,20H,2-6,9H2,1H3,(H,21,22,23);/q;+1/p-1. The summed E-state index contributed by atoms with van der Waals surface area (Å²) in [5.74, 6) is 0.102. The van der Waals surface area contributed by atoms with Crippen molar-refractivity contribution in [3.63, 3.8) is 0 Å². The maximum atomic E-state index is 11.7. The van der Waals surface area contributed by atoms with Crippen molar-refractivity contribution in [3.05, 3.63) is 48.0 Å². The van der Waals surface area contributed by atoms with E-state index in [1.807, 2.05) is 0 Å². The first-order valence-electron chi connectivity index (χ1n) is 8.46. The van der Waals surface area contributed by atoms with Gasteiger partial charge >= 0.3 is 51.4 Å². The van der Waals surface area contributed by atoms with Crippen LogP contribution in [0.5, 0.6) is 17.2 Å². The Bertz CT molecular complexity index is 805. The van der Waals surface area contributed by atoms with E-state index in [1.54, 1.807) is 18.2 Å². The van der Waals surface area contributed by atoms with Crippen LogP contribution in [0.15, 0.2) is 47.4 Å². The van der Waals surface area contributed by atoms with Crippen LogP contribution in [-0.2, 0) is 16.5 Å². The first-order chi connectivity index (χ1) is 11.9. The molecule has 26 heavy (non-hydrogen) atoms. The Kier molecular flexibility index (Phi) is 10.4. The molecule has 2 aromatic carbocycles. The molecule has 0 aliphatic rings. The SMILES string of the molecule is CCCCCCCc1cccc(S(=O)(=O)O)c1Oc1cccc([O-])c1.[K+]. The molecule has 0 bridgehead atoms. The van der Waals surface area contributed by atoms with Crippen molar-refractivity contribution in [2.45, 2.75) is 50.3 Å². The van der Waals surface area contributed by atoms with Gasteiger partial charge in [0.15, 0.2) is 5.75 Å². The van der Waals surface area contributed by atoms with Gasteiger partial charge in [-0.15, -0.1) is 5.75 Å². The van der Waals surface area contributed by atoms with Crippen LogP contribution in [0.25, 0.3) is 0 Å². The normalized spacial score (nSPS) is 11.0. The monoisotopic (exact) mass is 402 g/mol. The van der Waals surface area contributed by atoms with Gasteiger partial charge in [0.1, 0.15) is 10.6 Å². The van der Waals surface area contributed by atoms with Crippen LogP contribution in [-0.4, -0.2) is 13.0 Å². The molecule has 0 unspecified atom stereocenters. The fourth-order valence-corrected chi connectivity index (χ4v) is 3.31. The molecule has 0 spiro atoms. The number of para-hydroxylation sites is 1. The van der Waals surface area contributed by atoms with Crippen LogP contribution in [0.4, 0.5) is 0 Å². The summed E-state index contributed by atoms with van der Waals surface area (Å²) >= 11 is 0. The van der Waals surface area contributed by atoms with E-state index in [4.69, 9.17) is 4.74 Å². The van der Waals surface area contributed by atoms with Gasteiger partial charge in [0, 0.05) is 0 Å². The van der Waals surface area contributed by atoms with Crippen LogP contribution < -0.4 is 61.2 Å². The molecule has 0 saturated heterocycles. The summed E-state index contributed by atoms with van der Waals surface area (Å²) in [6.07, 6.45) is 6.03. The molecule has 0 aliphatic carbocycles. The molecule has 0 saturated carbocycles. The number of aryl methyl sites for hydroxylation is 1. The Hall–Kier alpha value is -0.414. The van der Waals surface area contributed by atoms with Crippen LogP contribution >= 0.6 is 0 Å². The Morgan fingerprint density at radius 1 is 1.04 bits per heavy atom. The second-order valence-electron chi connectivity index (χ2n) is 5.96. The van der Waals surface area contributed by atoms with Crippen molar-refractivity contribution in [3.8, 4) is 17.2 Å². The molecule has 7 heteroatoms. The minimum Gasteiger partial charge on any atom is -0.872 e. The molecular weight excluding hydrogens is 379 g/mol. The predicted molar refractivity (Wildman–Crippen MR) is 94.7 cm³/mol. The van der Waals surface area contributed by atoms with Crippen LogP contribution in [0.3, 0.4) is 0 Å². The third-order valence-corrected chi connectivity index (χ3v) is 4.79. The number of benzene rings is 2. The minimum absolute atomic E-state index is 0. The van der Waals surface area contributed by atoms with E-state index < -0.39 is 10.1 Å². The van der Waals surface area contributed by atoms with Crippen molar-refractivity contribution >= 4 is 10.1 Å². The fraction of sp³-hybridized carbons (Fsp3) is 0.368. The number of unbranched alkanes of at least 4 members (excludes halogenated alkanes) is 4. The van der Waals surface area contributed by atoms with Gasteiger partial charge in [-0.1, -0.05) is 56.9 Å². The maximum absolute atomic E-state index is 11.7. The predicted octanol–water partition coefficient (Wildman–Crippen LogP) is 1.32. The molecule has 5 nitrogen and oxygen atoms in total. The first kappa shape index (κ1) is 23.6. The molecule has 0 aliphatic heterocycles. The average Bonchev–Trinajstić information content (AvgIpc) is 2.55. The molecule has 0 fully saturated rings. The van der Waals surface area contributed by atoms with Crippen LogP contribution in [0.1, 0.15) is 44.6 Å². The summed E-state index contributed by atoms with van der Waals surface area (Å²) in [5, 5.41) is 11.5. The van der Waals surface area contributed by atoms with Crippen molar-refractivity contribution in [2.24, 2.45) is 0 Å². The maximum Gasteiger partial charge on any atom is 1.00 e. The molecule has 0 radical (unpaired) electrons. The van der Waals surface area contributed by atoms with Gasteiger partial charge < -0.3 is 9.84 Å². The molecule has 1 N–H and O–H groups in total. The molecule has 0 amide bonds. The quantitative estimate of drug-likeness (QED) is 0.388. The van der Waals surface area contributed by atoms with Crippen molar-refractivity contribution in [1.29, 1.82) is 0 Å². The molecule has 136 valence electrons. The summed E-state index contributed by atoms with van der Waals surface area (Å²) in [6.45, 7) is 2.14. The van der Waals surface area contributed by atoms with E-state index >= 15 is 0 Å². The van der Waals surface area contributed by atoms with E-state index in [1.165, 1.54) is 30.7 Å². The van der Waals surface area contributed by atoms with Crippen molar-refractivity contribution in [1.82, 2.24) is 0 Å². The van der Waals surface area contributed by atoms with Gasteiger partial charge in [0.05, 0.1) is 0 Å². The first-order valence-corrected chi connectivity index (χ1v) is 9.90. The van der Waals surface area contributed by atoms with Gasteiger partial charge in [-0.05, 0) is 36.6 Å². The van der Waals surface area contributed by atoms with Crippen LogP contribution in [0.2, 0.25) is 0 Å². The Labute approximate surface area is 198 Å². The van der Waals surface area contributed by atoms with E-state index in [2.05, 4.69) is 6.92 Å². The zero-order valence-electron chi connectivity index (χ0n) is 15.3. The number of ether oxygens (including phenoxy) is 1. The molecule has 0 aromatic heterocycles. The van der Waals surface area contributed by atoms with Gasteiger partial charge in [-0.2, -0.15) is 8.42 Å². The molecule has 0 atom stereocenters. The number of hydrogen-bond acceptors (Lipinski definition) is 4. The fourth-order valence-electron chi connectivity index (χ4n) is 2.65. The average molecular weight is 403 g/mol. The molecular formula is C19H23KO5S. The second-order valence-corrected chi connectivity index (χ2v) is 7.35. The van der Waals surface area contributed by atoms with Gasteiger partial charge in [-0.3, -0.25) is 4.55 Å². The minimum atomic E-state index is -4.43. The molecule has 2 aromatic rings. The second kappa shape index (κ2) is 11.4. The molecule has 2 rings (SSSR count). The third kappa shape index (κ3) is 7.30. The zero-order chi connectivity index (χ0) is 18.3. The Balaban J connectivity index is 0.00000338. The van der Waals surface area contributed by atoms with Crippen molar-refractivity contribution in [2.75, 3.05) is 0 Å². The summed E-state index contributed by atoms with van der Waals surface area (Å²) in [7, 11) is -4.43. The third-order valence-electron chi connectivity index (χ3n) is 3.91. The van der Waals surface area contributed by atoms with E-state index in [9.17, 15) is 18.1 Å². The van der Waals surface area contributed by atoms with Crippen molar-refractivity contribution < 1.29 is 74.2 Å². The molecule has 0 heterocycles. The van der Waals surface area contributed by atoms with Gasteiger partial charge in [-0.25, -0.2) is 0 Å². The smallest absolute Gasteiger partial charge is 0.872 e. The number of rotatable bonds is 9. The summed E-state index contributed by atoms with van der Waals surface area (Å²) in [4.78, 5) is -0.283. The van der Waals surface area contributed by atoms with Gasteiger partial charge in [0.2, 0.25) is 0 Å². The van der Waals surface area contributed by atoms with E-state index in [-0.39, 0.29) is 73.5 Å². The van der Waals surface area contributed by atoms with Crippen LogP contribution in [0, 0.1) is 0 Å². The zero-order valence-corrected chi connectivity index (χ0v) is 19.2. The largest absolute Gasteiger partial charge is 1.00 e. The Morgan fingerprint density at radius 3 is 2.38 bits per heavy atom. The summed E-state index contributed by atoms with van der Waals surface area (Å²) < 4.78 is 38.6. The van der Waals surface area contributed by atoms with E-state index in [0.29, 0.717) is 12.0 Å². The number of hydrogen-bond donors (Lipinski definition) is 1.